The van der Waals surface area contributed by atoms with Crippen molar-refractivity contribution in [1.82, 2.24) is 4.57 Å². The third kappa shape index (κ3) is 0.991. The van der Waals surface area contributed by atoms with E-state index in [4.69, 9.17) is 0 Å². The van der Waals surface area contributed by atoms with Crippen LogP contribution in [0.4, 0.5) is 0 Å². The molecular formula is C10H15N. The van der Waals surface area contributed by atoms with Crippen LogP contribution in [0.25, 0.3) is 0 Å². The predicted octanol–water partition coefficient (Wildman–Crippen LogP) is 2.46. The molecule has 0 N–H and O–H groups in total. The number of fused-ring (bicyclic) bond motifs is 1. The molecule has 1 nitrogen and oxygen atoms in total. The van der Waals surface area contributed by atoms with Crippen LogP contribution in [0, 0.1) is 0 Å². The van der Waals surface area contributed by atoms with Crippen molar-refractivity contribution in [3.05, 3.63) is 23.5 Å². The minimum Gasteiger partial charge on any atom is -0.354 e. The van der Waals surface area contributed by atoms with Crippen molar-refractivity contribution in [2.24, 2.45) is 7.05 Å². The lowest BCUT2D eigenvalue weighted by atomic mass is 9.88. The second-order valence-corrected chi connectivity index (χ2v) is 3.62. The van der Waals surface area contributed by atoms with Crippen LogP contribution in [0.3, 0.4) is 0 Å². The highest BCUT2D eigenvalue weighted by Crippen LogP contribution is 2.30. The topological polar surface area (TPSA) is 4.93 Å². The average molecular weight is 149 g/mol. The van der Waals surface area contributed by atoms with Gasteiger partial charge in [0.2, 0.25) is 0 Å². The first-order chi connectivity index (χ1) is 5.29. The molecule has 60 valence electrons. The summed E-state index contributed by atoms with van der Waals surface area (Å²) < 4.78 is 2.27. The normalized spacial score (nSPS) is 23.3. The van der Waals surface area contributed by atoms with E-state index in [-0.39, 0.29) is 0 Å². The fourth-order valence-electron chi connectivity index (χ4n) is 2.08. The highest BCUT2D eigenvalue weighted by molar-refractivity contribution is 5.28. The fraction of sp³-hybridized carbons (Fsp3) is 0.600. The molecule has 0 radical (unpaired) electrons. The summed E-state index contributed by atoms with van der Waals surface area (Å²) in [5, 5.41) is 0. The molecule has 0 fully saturated rings. The second kappa shape index (κ2) is 2.40. The zero-order valence-corrected chi connectivity index (χ0v) is 7.30. The number of hydrogen-bond acceptors (Lipinski definition) is 0. The molecular weight excluding hydrogens is 134 g/mol. The molecule has 0 spiro atoms. The molecule has 11 heavy (non-hydrogen) atoms. The molecule has 1 heterocycles. The third-order valence-electron chi connectivity index (χ3n) is 2.82. The second-order valence-electron chi connectivity index (χ2n) is 3.62. The van der Waals surface area contributed by atoms with Crippen molar-refractivity contribution < 1.29 is 0 Å². The number of rotatable bonds is 0. The minimum absolute atomic E-state index is 0.792. The van der Waals surface area contributed by atoms with E-state index in [2.05, 4.69) is 30.8 Å². The monoisotopic (exact) mass is 149 g/mol. The Morgan fingerprint density at radius 1 is 1.55 bits per heavy atom. The van der Waals surface area contributed by atoms with Gasteiger partial charge in [0.05, 0.1) is 0 Å². The lowest BCUT2D eigenvalue weighted by Gasteiger charge is -2.19. The standard InChI is InChI=1S/C10H15N/c1-8-4-3-5-10-9(8)6-7-11(10)2/h6-8H,3-5H2,1-2H3. The molecule has 2 rings (SSSR count). The number of aromatic nitrogens is 1. The molecule has 0 aromatic carbocycles. The van der Waals surface area contributed by atoms with Gasteiger partial charge in [-0.25, -0.2) is 0 Å². The fourth-order valence-corrected chi connectivity index (χ4v) is 2.08. The van der Waals surface area contributed by atoms with Crippen molar-refractivity contribution in [3.8, 4) is 0 Å². The van der Waals surface area contributed by atoms with Crippen molar-refractivity contribution in [2.45, 2.75) is 32.1 Å². The van der Waals surface area contributed by atoms with Gasteiger partial charge in [-0.3, -0.25) is 0 Å². The van der Waals surface area contributed by atoms with Crippen molar-refractivity contribution in [3.63, 3.8) is 0 Å². The third-order valence-corrected chi connectivity index (χ3v) is 2.82. The molecule has 0 amide bonds. The Kier molecular flexibility index (Phi) is 1.52. The van der Waals surface area contributed by atoms with Gasteiger partial charge in [-0.05, 0) is 36.8 Å². The quantitative estimate of drug-likeness (QED) is 0.534. The van der Waals surface area contributed by atoms with Crippen LogP contribution in [0.5, 0.6) is 0 Å². The maximum atomic E-state index is 2.33. The molecule has 1 aromatic rings. The van der Waals surface area contributed by atoms with E-state index >= 15 is 0 Å². The Morgan fingerprint density at radius 3 is 3.09 bits per heavy atom. The van der Waals surface area contributed by atoms with Crippen molar-refractivity contribution in [1.29, 1.82) is 0 Å². The summed E-state index contributed by atoms with van der Waals surface area (Å²) in [6.07, 6.45) is 6.21. The number of aryl methyl sites for hydroxylation is 1. The summed E-state index contributed by atoms with van der Waals surface area (Å²) in [7, 11) is 2.15. The molecule has 0 saturated heterocycles. The number of nitrogens with zero attached hydrogens (tertiary/aromatic N) is 1. The molecule has 1 heteroatoms. The van der Waals surface area contributed by atoms with E-state index in [1.165, 1.54) is 19.3 Å². The Labute approximate surface area is 68.0 Å². The predicted molar refractivity (Wildman–Crippen MR) is 46.8 cm³/mol. The molecule has 1 atom stereocenters. The van der Waals surface area contributed by atoms with Crippen LogP contribution < -0.4 is 0 Å². The van der Waals surface area contributed by atoms with Crippen LogP contribution >= 0.6 is 0 Å². The summed E-state index contributed by atoms with van der Waals surface area (Å²) in [5.41, 5.74) is 3.14. The van der Waals surface area contributed by atoms with Gasteiger partial charge < -0.3 is 4.57 Å². The summed E-state index contributed by atoms with van der Waals surface area (Å²) in [4.78, 5) is 0. The van der Waals surface area contributed by atoms with Crippen molar-refractivity contribution >= 4 is 0 Å². The first-order valence-corrected chi connectivity index (χ1v) is 4.43. The molecule has 1 aromatic heterocycles. The van der Waals surface area contributed by atoms with Crippen LogP contribution in [-0.4, -0.2) is 4.57 Å². The molecule has 0 bridgehead atoms. The van der Waals surface area contributed by atoms with Gasteiger partial charge in [0.1, 0.15) is 0 Å². The lowest BCUT2D eigenvalue weighted by Crippen LogP contribution is -2.08. The molecule has 1 aliphatic rings. The first-order valence-electron chi connectivity index (χ1n) is 4.43. The summed E-state index contributed by atoms with van der Waals surface area (Å²) in [6.45, 7) is 2.33. The number of hydrogen-bond donors (Lipinski definition) is 0. The van der Waals surface area contributed by atoms with E-state index in [9.17, 15) is 0 Å². The minimum atomic E-state index is 0.792. The van der Waals surface area contributed by atoms with E-state index in [1.807, 2.05) is 0 Å². The van der Waals surface area contributed by atoms with Gasteiger partial charge in [-0.15, -0.1) is 0 Å². The van der Waals surface area contributed by atoms with E-state index in [1.54, 1.807) is 11.3 Å². The molecule has 0 saturated carbocycles. The van der Waals surface area contributed by atoms with Gasteiger partial charge in [0, 0.05) is 18.9 Å². The van der Waals surface area contributed by atoms with E-state index < -0.39 is 0 Å². The Balaban J connectivity index is 2.46. The SMILES string of the molecule is CC1CCCc2c1ccn2C. The van der Waals surface area contributed by atoms with E-state index in [0.717, 1.165) is 5.92 Å². The average Bonchev–Trinajstić information content (AvgIpc) is 2.35. The first kappa shape index (κ1) is 6.96. The summed E-state index contributed by atoms with van der Waals surface area (Å²) in [5.74, 6) is 0.792. The van der Waals surface area contributed by atoms with Gasteiger partial charge in [0.25, 0.3) is 0 Å². The van der Waals surface area contributed by atoms with Crippen molar-refractivity contribution in [2.75, 3.05) is 0 Å². The van der Waals surface area contributed by atoms with E-state index in [0.29, 0.717) is 0 Å². The summed E-state index contributed by atoms with van der Waals surface area (Å²) >= 11 is 0. The smallest absolute Gasteiger partial charge is 0.0206 e. The Hall–Kier alpha value is -0.720. The lowest BCUT2D eigenvalue weighted by molar-refractivity contribution is 0.571. The molecule has 1 unspecified atom stereocenters. The zero-order chi connectivity index (χ0) is 7.84. The Bertz CT molecular complexity index is 260. The van der Waals surface area contributed by atoms with Gasteiger partial charge >= 0.3 is 0 Å². The molecule has 0 aliphatic heterocycles. The van der Waals surface area contributed by atoms with Gasteiger partial charge in [0.15, 0.2) is 0 Å². The summed E-state index contributed by atoms with van der Waals surface area (Å²) in [6, 6.07) is 2.28. The van der Waals surface area contributed by atoms with Crippen LogP contribution in [-0.2, 0) is 13.5 Å². The van der Waals surface area contributed by atoms with Gasteiger partial charge in [-0.1, -0.05) is 6.92 Å². The van der Waals surface area contributed by atoms with Crippen LogP contribution in [0.1, 0.15) is 36.9 Å². The molecule has 1 aliphatic carbocycles. The highest BCUT2D eigenvalue weighted by Gasteiger charge is 2.17. The maximum Gasteiger partial charge on any atom is 0.0206 e. The van der Waals surface area contributed by atoms with Gasteiger partial charge in [-0.2, -0.15) is 0 Å². The maximum absolute atomic E-state index is 2.33. The zero-order valence-electron chi connectivity index (χ0n) is 7.30. The highest BCUT2D eigenvalue weighted by atomic mass is 14.9. The van der Waals surface area contributed by atoms with Crippen LogP contribution in [0.15, 0.2) is 12.3 Å². The largest absolute Gasteiger partial charge is 0.354 e. The Morgan fingerprint density at radius 2 is 2.36 bits per heavy atom. The van der Waals surface area contributed by atoms with Crippen LogP contribution in [0.2, 0.25) is 0 Å².